The molecule has 1 aromatic carbocycles. The Bertz CT molecular complexity index is 348. The highest BCUT2D eigenvalue weighted by Crippen LogP contribution is 2.34. The molecule has 0 N–H and O–H groups in total. The lowest BCUT2D eigenvalue weighted by Gasteiger charge is -2.15. The van der Waals surface area contributed by atoms with Gasteiger partial charge in [-0.25, -0.2) is 0 Å². The number of aryl methyl sites for hydroxylation is 2. The van der Waals surface area contributed by atoms with Gasteiger partial charge >= 0.3 is 0 Å². The molecule has 2 unspecified atom stereocenters. The van der Waals surface area contributed by atoms with Crippen LogP contribution < -0.4 is 0 Å². The normalized spacial score (nSPS) is 25.8. The summed E-state index contributed by atoms with van der Waals surface area (Å²) in [6, 6.07) is 6.62. The van der Waals surface area contributed by atoms with E-state index < -0.39 is 0 Å². The van der Waals surface area contributed by atoms with E-state index in [1.165, 1.54) is 23.1 Å². The van der Waals surface area contributed by atoms with E-state index in [0.717, 1.165) is 11.8 Å². The summed E-state index contributed by atoms with van der Waals surface area (Å²) in [5, 5.41) is 0.953. The average Bonchev–Trinajstić information content (AvgIpc) is 2.66. The molecule has 2 rings (SSSR count). The molecule has 2 atom stereocenters. The summed E-state index contributed by atoms with van der Waals surface area (Å²) in [5.41, 5.74) is 4.05. The number of hydrogen-bond acceptors (Lipinski definition) is 1. The first kappa shape index (κ1) is 11.2. The van der Waals surface area contributed by atoms with E-state index in [-0.39, 0.29) is 0 Å². The molecule has 0 bridgehead atoms. The van der Waals surface area contributed by atoms with Crippen molar-refractivity contribution < 1.29 is 4.74 Å². The van der Waals surface area contributed by atoms with Crippen molar-refractivity contribution in [1.82, 2.24) is 0 Å². The third kappa shape index (κ3) is 2.43. The summed E-state index contributed by atoms with van der Waals surface area (Å²) >= 11 is 3.48. The van der Waals surface area contributed by atoms with Crippen molar-refractivity contribution in [2.45, 2.75) is 38.9 Å². The maximum atomic E-state index is 5.97. The van der Waals surface area contributed by atoms with Crippen LogP contribution in [-0.4, -0.2) is 11.4 Å². The fourth-order valence-electron chi connectivity index (χ4n) is 2.23. The molecule has 0 amide bonds. The Morgan fingerprint density at radius 2 is 2.13 bits per heavy atom. The molecule has 2 heteroatoms. The van der Waals surface area contributed by atoms with Crippen LogP contribution >= 0.6 is 15.9 Å². The second kappa shape index (κ2) is 4.67. The van der Waals surface area contributed by atoms with Gasteiger partial charge in [0, 0.05) is 5.33 Å². The second-order valence-electron chi connectivity index (χ2n) is 4.34. The minimum Gasteiger partial charge on any atom is -0.369 e. The van der Waals surface area contributed by atoms with Crippen molar-refractivity contribution in [3.63, 3.8) is 0 Å². The van der Waals surface area contributed by atoms with Crippen LogP contribution in [0.5, 0.6) is 0 Å². The van der Waals surface area contributed by atoms with Gasteiger partial charge in [-0.3, -0.25) is 0 Å². The van der Waals surface area contributed by atoms with Gasteiger partial charge in [-0.1, -0.05) is 39.7 Å². The van der Waals surface area contributed by atoms with Gasteiger partial charge in [0.05, 0.1) is 12.2 Å². The number of benzene rings is 1. The van der Waals surface area contributed by atoms with Crippen molar-refractivity contribution in [2.24, 2.45) is 0 Å². The zero-order valence-electron chi connectivity index (χ0n) is 9.29. The first-order valence-electron chi connectivity index (χ1n) is 5.49. The number of rotatable bonds is 2. The Morgan fingerprint density at radius 3 is 2.73 bits per heavy atom. The van der Waals surface area contributed by atoms with Crippen molar-refractivity contribution >= 4 is 15.9 Å². The summed E-state index contributed by atoms with van der Waals surface area (Å²) in [7, 11) is 0. The van der Waals surface area contributed by atoms with Crippen LogP contribution in [0.3, 0.4) is 0 Å². The molecule has 1 aliphatic rings. The van der Waals surface area contributed by atoms with Crippen LogP contribution in [0, 0.1) is 13.8 Å². The standard InChI is InChI=1S/C13H17BrO/c1-9-3-5-12(10(2)7-9)13-6-4-11(8-14)15-13/h3,5,7,11,13H,4,6,8H2,1-2H3. The Kier molecular flexibility index (Phi) is 3.47. The average molecular weight is 269 g/mol. The van der Waals surface area contributed by atoms with E-state index in [0.29, 0.717) is 12.2 Å². The van der Waals surface area contributed by atoms with Crippen LogP contribution in [0.15, 0.2) is 18.2 Å². The highest BCUT2D eigenvalue weighted by molar-refractivity contribution is 9.09. The lowest BCUT2D eigenvalue weighted by molar-refractivity contribution is 0.0585. The summed E-state index contributed by atoms with van der Waals surface area (Å²) in [4.78, 5) is 0. The molecule has 1 heterocycles. The maximum absolute atomic E-state index is 5.97. The Balaban J connectivity index is 2.17. The zero-order valence-corrected chi connectivity index (χ0v) is 10.9. The maximum Gasteiger partial charge on any atom is 0.0832 e. The van der Waals surface area contributed by atoms with Crippen LogP contribution in [-0.2, 0) is 4.74 Å². The Labute approximate surface area is 100.0 Å². The van der Waals surface area contributed by atoms with Crippen molar-refractivity contribution in [1.29, 1.82) is 0 Å². The molecule has 1 aliphatic heterocycles. The van der Waals surface area contributed by atoms with Gasteiger partial charge in [0.1, 0.15) is 0 Å². The zero-order chi connectivity index (χ0) is 10.8. The molecule has 0 radical (unpaired) electrons. The molecular weight excluding hydrogens is 252 g/mol. The minimum absolute atomic E-state index is 0.313. The Morgan fingerprint density at radius 1 is 1.33 bits per heavy atom. The lowest BCUT2D eigenvalue weighted by Crippen LogP contribution is -2.08. The quantitative estimate of drug-likeness (QED) is 0.739. The topological polar surface area (TPSA) is 9.23 Å². The number of ether oxygens (including phenoxy) is 1. The van der Waals surface area contributed by atoms with E-state index >= 15 is 0 Å². The van der Waals surface area contributed by atoms with Gasteiger partial charge in [0.25, 0.3) is 0 Å². The smallest absolute Gasteiger partial charge is 0.0832 e. The largest absolute Gasteiger partial charge is 0.369 e. The molecular formula is C13H17BrO. The van der Waals surface area contributed by atoms with Gasteiger partial charge in [-0.05, 0) is 37.8 Å². The molecule has 0 saturated carbocycles. The fourth-order valence-corrected chi connectivity index (χ4v) is 2.71. The SMILES string of the molecule is Cc1ccc(C2CCC(CBr)O2)c(C)c1. The highest BCUT2D eigenvalue weighted by Gasteiger charge is 2.26. The molecule has 1 aromatic rings. The molecule has 0 spiro atoms. The second-order valence-corrected chi connectivity index (χ2v) is 4.99. The van der Waals surface area contributed by atoms with Crippen LogP contribution in [0.4, 0.5) is 0 Å². The first-order valence-corrected chi connectivity index (χ1v) is 6.61. The highest BCUT2D eigenvalue weighted by atomic mass is 79.9. The van der Waals surface area contributed by atoms with E-state index in [2.05, 4.69) is 48.0 Å². The van der Waals surface area contributed by atoms with Gasteiger partial charge in [0.2, 0.25) is 0 Å². The summed E-state index contributed by atoms with van der Waals surface area (Å²) in [6.45, 7) is 4.31. The van der Waals surface area contributed by atoms with Crippen LogP contribution in [0.25, 0.3) is 0 Å². The molecule has 1 fully saturated rings. The predicted molar refractivity (Wildman–Crippen MR) is 66.6 cm³/mol. The number of halogens is 1. The molecule has 82 valence electrons. The van der Waals surface area contributed by atoms with E-state index in [4.69, 9.17) is 4.74 Å². The van der Waals surface area contributed by atoms with E-state index in [1.807, 2.05) is 0 Å². The fraction of sp³-hybridized carbons (Fsp3) is 0.538. The third-order valence-corrected chi connectivity index (χ3v) is 3.77. The van der Waals surface area contributed by atoms with Gasteiger partial charge in [0.15, 0.2) is 0 Å². The molecule has 1 saturated heterocycles. The van der Waals surface area contributed by atoms with Crippen molar-refractivity contribution in [2.75, 3.05) is 5.33 Å². The van der Waals surface area contributed by atoms with Crippen molar-refractivity contribution in [3.8, 4) is 0 Å². The van der Waals surface area contributed by atoms with Crippen LogP contribution in [0.1, 0.15) is 35.6 Å². The molecule has 15 heavy (non-hydrogen) atoms. The third-order valence-electron chi connectivity index (χ3n) is 3.05. The van der Waals surface area contributed by atoms with Gasteiger partial charge in [-0.15, -0.1) is 0 Å². The minimum atomic E-state index is 0.313. The molecule has 0 aliphatic carbocycles. The van der Waals surface area contributed by atoms with E-state index in [9.17, 15) is 0 Å². The summed E-state index contributed by atoms with van der Waals surface area (Å²) in [6.07, 6.45) is 3.03. The molecule has 0 aromatic heterocycles. The van der Waals surface area contributed by atoms with Crippen LogP contribution in [0.2, 0.25) is 0 Å². The first-order chi connectivity index (χ1) is 7.20. The molecule has 1 nitrogen and oxygen atoms in total. The summed E-state index contributed by atoms with van der Waals surface area (Å²) < 4.78 is 5.97. The van der Waals surface area contributed by atoms with E-state index in [1.54, 1.807) is 0 Å². The van der Waals surface area contributed by atoms with Gasteiger partial charge in [-0.2, -0.15) is 0 Å². The Hall–Kier alpha value is -0.340. The number of alkyl halides is 1. The predicted octanol–water partition coefficient (Wildman–Crippen LogP) is 3.92. The summed E-state index contributed by atoms with van der Waals surface area (Å²) in [5.74, 6) is 0. The van der Waals surface area contributed by atoms with Crippen molar-refractivity contribution in [3.05, 3.63) is 34.9 Å². The number of hydrogen-bond donors (Lipinski definition) is 0. The monoisotopic (exact) mass is 268 g/mol. The lowest BCUT2D eigenvalue weighted by atomic mass is 9.99. The van der Waals surface area contributed by atoms with Gasteiger partial charge < -0.3 is 4.74 Å².